The van der Waals surface area contributed by atoms with E-state index in [1.165, 1.54) is 12.0 Å². The van der Waals surface area contributed by atoms with Crippen LogP contribution in [-0.2, 0) is 24.6 Å². The number of hydrogen-bond donors (Lipinski definition) is 1. The topological polar surface area (TPSA) is 59.4 Å². The Kier molecular flexibility index (Phi) is 4.58. The van der Waals surface area contributed by atoms with Crippen LogP contribution in [0.1, 0.15) is 54.9 Å². The summed E-state index contributed by atoms with van der Waals surface area (Å²) in [7, 11) is 1.90. The number of fused-ring (bicyclic) bond motifs is 2. The number of rotatable bonds is 3. The third-order valence-corrected chi connectivity index (χ3v) is 6.06. The molecule has 0 bridgehead atoms. The van der Waals surface area contributed by atoms with Crippen molar-refractivity contribution in [3.8, 4) is 0 Å². The SMILES string of the molecule is CC(C)[C@@H]1CN2C[C@@H](NC(=O)c3c4c(nn3C)CCCC4)C[C@H]2CO1. The molecule has 0 saturated carbocycles. The second-order valence-electron chi connectivity index (χ2n) is 8.23. The molecule has 0 unspecified atom stereocenters. The number of amides is 1. The van der Waals surface area contributed by atoms with Crippen molar-refractivity contribution in [2.24, 2.45) is 13.0 Å². The average molecular weight is 346 g/mol. The number of aromatic nitrogens is 2. The molecule has 138 valence electrons. The fourth-order valence-electron chi connectivity index (χ4n) is 4.63. The van der Waals surface area contributed by atoms with Crippen LogP contribution in [0.3, 0.4) is 0 Å². The van der Waals surface area contributed by atoms with Crippen molar-refractivity contribution in [2.45, 2.75) is 64.1 Å². The van der Waals surface area contributed by atoms with Gasteiger partial charge in [-0.1, -0.05) is 13.8 Å². The van der Waals surface area contributed by atoms with Crippen molar-refractivity contribution in [1.29, 1.82) is 0 Å². The molecule has 2 saturated heterocycles. The second kappa shape index (κ2) is 6.72. The normalized spacial score (nSPS) is 29.5. The van der Waals surface area contributed by atoms with Gasteiger partial charge in [-0.25, -0.2) is 0 Å². The molecule has 1 aliphatic carbocycles. The summed E-state index contributed by atoms with van der Waals surface area (Å²) < 4.78 is 7.79. The highest BCUT2D eigenvalue weighted by Gasteiger charge is 2.39. The Balaban J connectivity index is 1.42. The lowest BCUT2D eigenvalue weighted by molar-refractivity contribution is -0.0683. The number of carbonyl (C=O) groups is 1. The van der Waals surface area contributed by atoms with Gasteiger partial charge in [-0.3, -0.25) is 14.4 Å². The number of nitrogens with zero attached hydrogens (tertiary/aromatic N) is 3. The molecule has 1 aromatic heterocycles. The summed E-state index contributed by atoms with van der Waals surface area (Å²) in [4.78, 5) is 15.4. The zero-order valence-corrected chi connectivity index (χ0v) is 15.6. The molecule has 1 amide bonds. The number of nitrogens with one attached hydrogen (secondary N) is 1. The van der Waals surface area contributed by atoms with Gasteiger partial charge in [0.25, 0.3) is 5.91 Å². The van der Waals surface area contributed by atoms with Crippen LogP contribution in [0.5, 0.6) is 0 Å². The zero-order chi connectivity index (χ0) is 17.6. The molecule has 6 heteroatoms. The molecule has 2 aliphatic heterocycles. The Bertz CT molecular complexity index is 654. The van der Waals surface area contributed by atoms with Crippen molar-refractivity contribution in [3.63, 3.8) is 0 Å². The predicted octanol–water partition coefficient (Wildman–Crippen LogP) is 1.53. The third-order valence-electron chi connectivity index (χ3n) is 6.06. The van der Waals surface area contributed by atoms with E-state index in [0.717, 1.165) is 56.8 Å². The van der Waals surface area contributed by atoms with Crippen LogP contribution in [-0.4, -0.2) is 58.5 Å². The quantitative estimate of drug-likeness (QED) is 0.902. The van der Waals surface area contributed by atoms with E-state index in [-0.39, 0.29) is 11.9 Å². The van der Waals surface area contributed by atoms with Gasteiger partial charge in [0, 0.05) is 37.8 Å². The Hall–Kier alpha value is -1.40. The molecule has 3 heterocycles. The van der Waals surface area contributed by atoms with Gasteiger partial charge in [0.1, 0.15) is 5.69 Å². The first-order valence-electron chi connectivity index (χ1n) is 9.74. The summed E-state index contributed by atoms with van der Waals surface area (Å²) in [6.07, 6.45) is 5.62. The molecule has 1 N–H and O–H groups in total. The van der Waals surface area contributed by atoms with E-state index < -0.39 is 0 Å². The first-order valence-corrected chi connectivity index (χ1v) is 9.74. The van der Waals surface area contributed by atoms with Crippen LogP contribution in [0, 0.1) is 5.92 Å². The Morgan fingerprint density at radius 2 is 2.08 bits per heavy atom. The van der Waals surface area contributed by atoms with E-state index >= 15 is 0 Å². The van der Waals surface area contributed by atoms with E-state index in [4.69, 9.17) is 4.74 Å². The standard InChI is InChI=1S/C19H30N4O2/c1-12(2)17-10-23-9-13(8-14(23)11-25-17)20-19(24)18-15-6-4-5-7-16(15)21-22(18)3/h12-14,17H,4-11H2,1-3H3,(H,20,24)/t13-,14-,17-/m0/s1. The van der Waals surface area contributed by atoms with Crippen molar-refractivity contribution in [2.75, 3.05) is 19.7 Å². The highest BCUT2D eigenvalue weighted by atomic mass is 16.5. The van der Waals surface area contributed by atoms with Crippen LogP contribution in [0.15, 0.2) is 0 Å². The lowest BCUT2D eigenvalue weighted by Crippen LogP contribution is -2.48. The lowest BCUT2D eigenvalue weighted by Gasteiger charge is -2.36. The van der Waals surface area contributed by atoms with Gasteiger partial charge in [0.15, 0.2) is 0 Å². The molecule has 2 fully saturated rings. The van der Waals surface area contributed by atoms with Crippen molar-refractivity contribution in [1.82, 2.24) is 20.0 Å². The predicted molar refractivity (Wildman–Crippen MR) is 95.7 cm³/mol. The monoisotopic (exact) mass is 346 g/mol. The highest BCUT2D eigenvalue weighted by Crippen LogP contribution is 2.27. The van der Waals surface area contributed by atoms with Gasteiger partial charge in [0.2, 0.25) is 0 Å². The van der Waals surface area contributed by atoms with Crippen LogP contribution in [0.4, 0.5) is 0 Å². The van der Waals surface area contributed by atoms with Crippen molar-refractivity contribution < 1.29 is 9.53 Å². The van der Waals surface area contributed by atoms with Gasteiger partial charge < -0.3 is 10.1 Å². The Morgan fingerprint density at radius 1 is 1.28 bits per heavy atom. The van der Waals surface area contributed by atoms with Crippen LogP contribution < -0.4 is 5.32 Å². The number of aryl methyl sites for hydroxylation is 2. The molecule has 0 aromatic carbocycles. The van der Waals surface area contributed by atoms with Crippen LogP contribution in [0.25, 0.3) is 0 Å². The van der Waals surface area contributed by atoms with E-state index in [0.29, 0.717) is 18.1 Å². The van der Waals surface area contributed by atoms with Gasteiger partial charge in [0.05, 0.1) is 18.4 Å². The zero-order valence-electron chi connectivity index (χ0n) is 15.6. The second-order valence-corrected chi connectivity index (χ2v) is 8.23. The number of morpholine rings is 1. The molecular formula is C19H30N4O2. The maximum atomic E-state index is 12.9. The molecule has 0 radical (unpaired) electrons. The average Bonchev–Trinajstić information content (AvgIpc) is 3.12. The molecule has 1 aromatic rings. The van der Waals surface area contributed by atoms with E-state index in [2.05, 4.69) is 29.2 Å². The first kappa shape index (κ1) is 17.0. The number of ether oxygens (including phenoxy) is 1. The highest BCUT2D eigenvalue weighted by molar-refractivity contribution is 5.94. The van der Waals surface area contributed by atoms with E-state index in [1.807, 2.05) is 7.05 Å². The fraction of sp³-hybridized carbons (Fsp3) is 0.789. The van der Waals surface area contributed by atoms with Gasteiger partial charge in [-0.05, 0) is 38.0 Å². The fourth-order valence-corrected chi connectivity index (χ4v) is 4.63. The molecule has 25 heavy (non-hydrogen) atoms. The van der Waals surface area contributed by atoms with E-state index in [9.17, 15) is 4.79 Å². The largest absolute Gasteiger partial charge is 0.375 e. The third kappa shape index (κ3) is 3.22. The summed E-state index contributed by atoms with van der Waals surface area (Å²) in [5.41, 5.74) is 3.07. The molecule has 4 rings (SSSR count). The maximum absolute atomic E-state index is 12.9. The van der Waals surface area contributed by atoms with Gasteiger partial charge in [-0.2, -0.15) is 5.10 Å². The molecule has 3 atom stereocenters. The van der Waals surface area contributed by atoms with Gasteiger partial charge >= 0.3 is 0 Å². The van der Waals surface area contributed by atoms with Gasteiger partial charge in [-0.15, -0.1) is 0 Å². The summed E-state index contributed by atoms with van der Waals surface area (Å²) >= 11 is 0. The lowest BCUT2D eigenvalue weighted by atomic mass is 9.95. The summed E-state index contributed by atoms with van der Waals surface area (Å²) in [6.45, 7) is 7.13. The molecule has 6 nitrogen and oxygen atoms in total. The molecule has 3 aliphatic rings. The van der Waals surface area contributed by atoms with Crippen LogP contribution in [0.2, 0.25) is 0 Å². The number of hydrogen-bond acceptors (Lipinski definition) is 4. The minimum Gasteiger partial charge on any atom is -0.375 e. The Labute approximate surface area is 149 Å². The minimum atomic E-state index is 0.0457. The molecule has 0 spiro atoms. The summed E-state index contributed by atoms with van der Waals surface area (Å²) in [5.74, 6) is 0.583. The smallest absolute Gasteiger partial charge is 0.270 e. The maximum Gasteiger partial charge on any atom is 0.270 e. The molecular weight excluding hydrogens is 316 g/mol. The first-order chi connectivity index (χ1) is 12.0. The Morgan fingerprint density at radius 3 is 2.88 bits per heavy atom. The van der Waals surface area contributed by atoms with Crippen molar-refractivity contribution >= 4 is 5.91 Å². The van der Waals surface area contributed by atoms with Crippen molar-refractivity contribution in [3.05, 3.63) is 17.0 Å². The van der Waals surface area contributed by atoms with E-state index in [1.54, 1.807) is 4.68 Å². The van der Waals surface area contributed by atoms with Crippen LogP contribution >= 0.6 is 0 Å². The summed E-state index contributed by atoms with van der Waals surface area (Å²) in [6, 6.07) is 0.655. The summed E-state index contributed by atoms with van der Waals surface area (Å²) in [5, 5.41) is 7.85. The minimum absolute atomic E-state index is 0.0457. The number of carbonyl (C=O) groups excluding carboxylic acids is 1.